The van der Waals surface area contributed by atoms with Crippen LogP contribution in [-0.2, 0) is 13.6 Å². The van der Waals surface area contributed by atoms with E-state index in [2.05, 4.69) is 45.9 Å². The van der Waals surface area contributed by atoms with E-state index in [4.69, 9.17) is 0 Å². The van der Waals surface area contributed by atoms with Crippen molar-refractivity contribution in [2.24, 2.45) is 18.0 Å². The predicted octanol–water partition coefficient (Wildman–Crippen LogP) is 2.97. The van der Waals surface area contributed by atoms with E-state index in [1.165, 1.54) is 6.42 Å². The summed E-state index contributed by atoms with van der Waals surface area (Å²) >= 11 is 1.87. The normalized spacial score (nSPS) is 11.5. The molecule has 140 valence electrons. The minimum absolute atomic E-state index is 0. The number of guanidine groups is 1. The van der Waals surface area contributed by atoms with Gasteiger partial charge in [-0.25, -0.2) is 4.99 Å². The first-order valence-electron chi connectivity index (χ1n) is 8.40. The van der Waals surface area contributed by atoms with Gasteiger partial charge in [0.1, 0.15) is 12.4 Å². The zero-order valence-corrected chi connectivity index (χ0v) is 18.8. The molecule has 0 amide bonds. The Hall–Kier alpha value is -0.510. The van der Waals surface area contributed by atoms with Crippen molar-refractivity contribution in [3.63, 3.8) is 0 Å². The molecule has 8 heteroatoms. The summed E-state index contributed by atoms with van der Waals surface area (Å²) in [6.07, 6.45) is 5.66. The molecule has 0 radical (unpaired) electrons. The smallest absolute Gasteiger partial charge is 0.191 e. The van der Waals surface area contributed by atoms with Gasteiger partial charge in [0.05, 0.1) is 0 Å². The molecular formula is C16H33IN6S. The lowest BCUT2D eigenvalue weighted by molar-refractivity contribution is 0.549. The molecule has 0 spiro atoms. The molecule has 0 unspecified atom stereocenters. The van der Waals surface area contributed by atoms with Gasteiger partial charge in [-0.15, -0.1) is 34.2 Å². The standard InChI is InChI=1S/C16H32N6S.HI/c1-13(2)8-6-9-17-16(18-10-7-11-23-5)19-12-15-21-20-14(3)22(15)4;/h13H,6-12H2,1-5H3,(H2,17,18,19);1H. The highest BCUT2D eigenvalue weighted by Crippen LogP contribution is 2.02. The highest BCUT2D eigenvalue weighted by Gasteiger charge is 2.05. The lowest BCUT2D eigenvalue weighted by Gasteiger charge is -2.13. The number of aromatic nitrogens is 3. The molecule has 0 aliphatic carbocycles. The van der Waals surface area contributed by atoms with Crippen molar-refractivity contribution in [3.05, 3.63) is 11.6 Å². The summed E-state index contributed by atoms with van der Waals surface area (Å²) in [5, 5.41) is 15.1. The van der Waals surface area contributed by atoms with Crippen molar-refractivity contribution < 1.29 is 0 Å². The SMILES string of the molecule is CSCCCNC(=NCc1nnc(C)n1C)NCCCC(C)C.I. The lowest BCUT2D eigenvalue weighted by atomic mass is 10.1. The molecule has 0 saturated heterocycles. The summed E-state index contributed by atoms with van der Waals surface area (Å²) in [6.45, 7) is 8.89. The quantitative estimate of drug-likeness (QED) is 0.239. The molecule has 6 nitrogen and oxygen atoms in total. The highest BCUT2D eigenvalue weighted by atomic mass is 127. The van der Waals surface area contributed by atoms with Crippen LogP contribution in [0.15, 0.2) is 4.99 Å². The molecule has 24 heavy (non-hydrogen) atoms. The minimum atomic E-state index is 0. The van der Waals surface area contributed by atoms with Crippen LogP contribution in [-0.4, -0.2) is 45.8 Å². The molecule has 0 aromatic carbocycles. The van der Waals surface area contributed by atoms with Crippen LogP contribution < -0.4 is 10.6 Å². The van der Waals surface area contributed by atoms with Gasteiger partial charge >= 0.3 is 0 Å². The van der Waals surface area contributed by atoms with Gasteiger partial charge in [-0.1, -0.05) is 13.8 Å². The maximum Gasteiger partial charge on any atom is 0.191 e. The van der Waals surface area contributed by atoms with E-state index in [-0.39, 0.29) is 24.0 Å². The fourth-order valence-electron chi connectivity index (χ4n) is 2.05. The van der Waals surface area contributed by atoms with Crippen molar-refractivity contribution in [1.82, 2.24) is 25.4 Å². The van der Waals surface area contributed by atoms with E-state index in [9.17, 15) is 0 Å². The van der Waals surface area contributed by atoms with Crippen LogP contribution in [0, 0.1) is 12.8 Å². The van der Waals surface area contributed by atoms with Gasteiger partial charge < -0.3 is 15.2 Å². The number of hydrogen-bond donors (Lipinski definition) is 2. The Bertz CT molecular complexity index is 475. The van der Waals surface area contributed by atoms with E-state index in [0.717, 1.165) is 55.2 Å². The number of rotatable bonds is 10. The van der Waals surface area contributed by atoms with Crippen LogP contribution in [0.5, 0.6) is 0 Å². The molecule has 0 aliphatic rings. The van der Waals surface area contributed by atoms with Crippen molar-refractivity contribution in [1.29, 1.82) is 0 Å². The topological polar surface area (TPSA) is 67.1 Å². The third-order valence-electron chi connectivity index (χ3n) is 3.63. The average molecular weight is 468 g/mol. The lowest BCUT2D eigenvalue weighted by Crippen LogP contribution is -2.38. The first kappa shape index (κ1) is 23.5. The summed E-state index contributed by atoms with van der Waals surface area (Å²) in [4.78, 5) is 4.65. The van der Waals surface area contributed by atoms with Gasteiger partial charge in [0.2, 0.25) is 0 Å². The number of aryl methyl sites for hydroxylation is 1. The van der Waals surface area contributed by atoms with Crippen LogP contribution in [0.25, 0.3) is 0 Å². The summed E-state index contributed by atoms with van der Waals surface area (Å²) < 4.78 is 1.98. The number of aliphatic imine (C=N–C) groups is 1. The Kier molecular flexibility index (Phi) is 13.5. The monoisotopic (exact) mass is 468 g/mol. The molecule has 1 aromatic heterocycles. The van der Waals surface area contributed by atoms with Crippen molar-refractivity contribution in [2.75, 3.05) is 25.1 Å². The minimum Gasteiger partial charge on any atom is -0.356 e. The second-order valence-electron chi connectivity index (χ2n) is 6.12. The molecule has 0 aliphatic heterocycles. The fourth-order valence-corrected chi connectivity index (χ4v) is 2.49. The van der Waals surface area contributed by atoms with E-state index in [1.807, 2.05) is 30.3 Å². The zero-order valence-electron chi connectivity index (χ0n) is 15.6. The summed E-state index contributed by atoms with van der Waals surface area (Å²) in [7, 11) is 1.97. The molecule has 2 N–H and O–H groups in total. The summed E-state index contributed by atoms with van der Waals surface area (Å²) in [5.41, 5.74) is 0. The molecule has 0 fully saturated rings. The van der Waals surface area contributed by atoms with E-state index in [0.29, 0.717) is 6.54 Å². The largest absolute Gasteiger partial charge is 0.356 e. The van der Waals surface area contributed by atoms with E-state index in [1.54, 1.807) is 0 Å². The molecule has 1 rings (SSSR count). The summed E-state index contributed by atoms with van der Waals surface area (Å²) in [5.74, 6) is 4.57. The number of nitrogens with zero attached hydrogens (tertiary/aromatic N) is 4. The van der Waals surface area contributed by atoms with Gasteiger partial charge in [-0.3, -0.25) is 0 Å². The first-order valence-corrected chi connectivity index (χ1v) is 9.80. The van der Waals surface area contributed by atoms with Gasteiger partial charge in [0.25, 0.3) is 0 Å². The third kappa shape index (κ3) is 9.71. The third-order valence-corrected chi connectivity index (χ3v) is 4.33. The molecule has 0 saturated carbocycles. The van der Waals surface area contributed by atoms with Crippen molar-refractivity contribution >= 4 is 41.7 Å². The molecule has 1 heterocycles. The first-order chi connectivity index (χ1) is 11.0. The molecule has 1 aromatic rings. The molecular weight excluding hydrogens is 435 g/mol. The highest BCUT2D eigenvalue weighted by molar-refractivity contribution is 14.0. The number of halogens is 1. The maximum atomic E-state index is 4.65. The van der Waals surface area contributed by atoms with Crippen molar-refractivity contribution in [3.8, 4) is 0 Å². The van der Waals surface area contributed by atoms with Crippen molar-refractivity contribution in [2.45, 2.75) is 46.6 Å². The predicted molar refractivity (Wildman–Crippen MR) is 115 cm³/mol. The molecule has 0 atom stereocenters. The van der Waals surface area contributed by atoms with Crippen LogP contribution in [0.2, 0.25) is 0 Å². The Labute approximate surface area is 168 Å². The number of thioether (sulfide) groups is 1. The number of nitrogens with one attached hydrogen (secondary N) is 2. The van der Waals surface area contributed by atoms with Gasteiger partial charge in [0.15, 0.2) is 11.8 Å². The van der Waals surface area contributed by atoms with Gasteiger partial charge in [0, 0.05) is 20.1 Å². The van der Waals surface area contributed by atoms with Gasteiger partial charge in [-0.2, -0.15) is 11.8 Å². The summed E-state index contributed by atoms with van der Waals surface area (Å²) in [6, 6.07) is 0. The second-order valence-corrected chi connectivity index (χ2v) is 7.11. The zero-order chi connectivity index (χ0) is 17.1. The Morgan fingerprint density at radius 1 is 1.21 bits per heavy atom. The number of hydrogen-bond acceptors (Lipinski definition) is 4. The van der Waals surface area contributed by atoms with Crippen LogP contribution in [0.3, 0.4) is 0 Å². The van der Waals surface area contributed by atoms with E-state index < -0.39 is 0 Å². The molecule has 0 bridgehead atoms. The van der Waals surface area contributed by atoms with Crippen LogP contribution in [0.1, 0.15) is 44.8 Å². The van der Waals surface area contributed by atoms with E-state index >= 15 is 0 Å². The average Bonchev–Trinajstić information content (AvgIpc) is 2.84. The van der Waals surface area contributed by atoms with Crippen LogP contribution >= 0.6 is 35.7 Å². The Morgan fingerprint density at radius 3 is 2.42 bits per heavy atom. The maximum absolute atomic E-state index is 4.65. The Morgan fingerprint density at radius 2 is 1.88 bits per heavy atom. The Balaban J connectivity index is 0.00000529. The van der Waals surface area contributed by atoms with Crippen LogP contribution in [0.4, 0.5) is 0 Å². The van der Waals surface area contributed by atoms with Gasteiger partial charge in [-0.05, 0) is 44.1 Å². The fraction of sp³-hybridized carbons (Fsp3) is 0.812. The second kappa shape index (κ2) is 13.7.